The first kappa shape index (κ1) is 15.3. The second kappa shape index (κ2) is 5.73. The lowest BCUT2D eigenvalue weighted by Gasteiger charge is -2.19. The van der Waals surface area contributed by atoms with Crippen molar-refractivity contribution in [1.82, 2.24) is 9.21 Å². The van der Waals surface area contributed by atoms with E-state index in [-0.39, 0.29) is 21.5 Å². The van der Waals surface area contributed by atoms with Crippen LogP contribution in [-0.4, -0.2) is 50.8 Å². The Labute approximate surface area is 126 Å². The van der Waals surface area contributed by atoms with Gasteiger partial charge in [-0.1, -0.05) is 0 Å². The molecule has 1 saturated heterocycles. The molecule has 1 unspecified atom stereocenters. The van der Waals surface area contributed by atoms with Crippen molar-refractivity contribution in [2.45, 2.75) is 23.2 Å². The highest BCUT2D eigenvalue weighted by molar-refractivity contribution is 9.10. The molecule has 2 rings (SSSR count). The van der Waals surface area contributed by atoms with Crippen LogP contribution < -0.4 is 0 Å². The molecular formula is C11H16BrClN2O3S. The molecule has 0 aliphatic carbocycles. The van der Waals surface area contributed by atoms with Crippen molar-refractivity contribution >= 4 is 37.6 Å². The quantitative estimate of drug-likeness (QED) is 0.761. The highest BCUT2D eigenvalue weighted by Gasteiger charge is 2.35. The smallest absolute Gasteiger partial charge is 0.247 e. The van der Waals surface area contributed by atoms with Crippen molar-refractivity contribution in [3.05, 3.63) is 16.5 Å². The van der Waals surface area contributed by atoms with Gasteiger partial charge in [-0.15, -0.1) is 11.6 Å². The van der Waals surface area contributed by atoms with Crippen molar-refractivity contribution in [2.75, 3.05) is 27.2 Å². The molecule has 5 nitrogen and oxygen atoms in total. The highest BCUT2D eigenvalue weighted by Crippen LogP contribution is 2.31. The van der Waals surface area contributed by atoms with Crippen LogP contribution in [0.3, 0.4) is 0 Å². The van der Waals surface area contributed by atoms with E-state index in [4.69, 9.17) is 16.0 Å². The Kier molecular flexibility index (Phi) is 4.62. The maximum absolute atomic E-state index is 12.5. The third kappa shape index (κ3) is 3.00. The van der Waals surface area contributed by atoms with E-state index in [0.29, 0.717) is 18.8 Å². The highest BCUT2D eigenvalue weighted by atomic mass is 79.9. The van der Waals surface area contributed by atoms with Gasteiger partial charge >= 0.3 is 0 Å². The average Bonchev–Trinajstić information content (AvgIpc) is 2.95. The van der Waals surface area contributed by atoms with Gasteiger partial charge in [0.2, 0.25) is 10.0 Å². The van der Waals surface area contributed by atoms with Crippen LogP contribution >= 0.6 is 27.5 Å². The topological polar surface area (TPSA) is 53.8 Å². The predicted octanol–water partition coefficient (Wildman–Crippen LogP) is 2.11. The van der Waals surface area contributed by atoms with Crippen molar-refractivity contribution in [1.29, 1.82) is 0 Å². The zero-order valence-corrected chi connectivity index (χ0v) is 13.9. The molecule has 0 radical (unpaired) electrons. The number of rotatable bonds is 4. The lowest BCUT2D eigenvalue weighted by molar-refractivity contribution is 0.302. The van der Waals surface area contributed by atoms with E-state index in [2.05, 4.69) is 15.9 Å². The van der Waals surface area contributed by atoms with Crippen LogP contribution in [0.4, 0.5) is 0 Å². The summed E-state index contributed by atoms with van der Waals surface area (Å²) in [6, 6.07) is 1.74. The summed E-state index contributed by atoms with van der Waals surface area (Å²) in [6.45, 7) is 1.03. The summed E-state index contributed by atoms with van der Waals surface area (Å²) in [4.78, 5) is 2.20. The number of sulfonamides is 1. The van der Waals surface area contributed by atoms with Crippen LogP contribution in [0.1, 0.15) is 12.2 Å². The van der Waals surface area contributed by atoms with Gasteiger partial charge in [0.1, 0.15) is 10.7 Å². The molecule has 1 aliphatic rings. The number of alkyl halides is 1. The fourth-order valence-electron chi connectivity index (χ4n) is 2.13. The molecule has 1 fully saturated rings. The second-order valence-corrected chi connectivity index (χ2v) is 7.65. The summed E-state index contributed by atoms with van der Waals surface area (Å²) < 4.78 is 32.0. The molecule has 0 N–H and O–H groups in total. The molecule has 2 heterocycles. The summed E-state index contributed by atoms with van der Waals surface area (Å²) in [7, 11) is 0.399. The largest absolute Gasteiger partial charge is 0.452 e. The molecule has 0 amide bonds. The van der Waals surface area contributed by atoms with E-state index in [9.17, 15) is 8.42 Å². The Bertz CT molecular complexity index is 558. The van der Waals surface area contributed by atoms with E-state index >= 15 is 0 Å². The second-order valence-electron chi connectivity index (χ2n) is 4.75. The van der Waals surface area contributed by atoms with Gasteiger partial charge in [-0.2, -0.15) is 4.31 Å². The number of halogens is 2. The van der Waals surface area contributed by atoms with Crippen LogP contribution in [0.15, 0.2) is 20.0 Å². The summed E-state index contributed by atoms with van der Waals surface area (Å²) in [5.41, 5.74) is 0. The summed E-state index contributed by atoms with van der Waals surface area (Å²) in [5.74, 6) is 0.588. The Hall–Kier alpha value is -0.0800. The number of hydrogen-bond acceptors (Lipinski definition) is 4. The predicted molar refractivity (Wildman–Crippen MR) is 76.8 cm³/mol. The Morgan fingerprint density at radius 1 is 1.58 bits per heavy atom. The lowest BCUT2D eigenvalue weighted by Crippen LogP contribution is -2.34. The van der Waals surface area contributed by atoms with Crippen molar-refractivity contribution < 1.29 is 12.8 Å². The third-order valence-corrected chi connectivity index (χ3v) is 6.30. The number of hydrogen-bond donors (Lipinski definition) is 0. The minimum atomic E-state index is -3.52. The molecule has 1 atom stereocenters. The number of furan rings is 1. The van der Waals surface area contributed by atoms with Crippen LogP contribution in [0.25, 0.3) is 0 Å². The molecular weight excluding hydrogens is 356 g/mol. The molecule has 108 valence electrons. The van der Waals surface area contributed by atoms with Crippen molar-refractivity contribution in [3.63, 3.8) is 0 Å². The molecule has 0 bridgehead atoms. The van der Waals surface area contributed by atoms with E-state index < -0.39 is 10.0 Å². The Morgan fingerprint density at radius 2 is 2.26 bits per heavy atom. The fraction of sp³-hybridized carbons (Fsp3) is 0.636. The zero-order chi connectivity index (χ0) is 14.2. The average molecular weight is 372 g/mol. The molecule has 1 aliphatic heterocycles. The lowest BCUT2D eigenvalue weighted by atomic mass is 10.2. The van der Waals surface area contributed by atoms with Crippen LogP contribution in [0.2, 0.25) is 0 Å². The van der Waals surface area contributed by atoms with Crippen LogP contribution in [0.5, 0.6) is 0 Å². The van der Waals surface area contributed by atoms with Gasteiger partial charge in [-0.3, -0.25) is 0 Å². The van der Waals surface area contributed by atoms with Gasteiger partial charge in [0.25, 0.3) is 0 Å². The first-order valence-corrected chi connectivity index (χ1v) is 8.63. The SMILES string of the molecule is CN(C)C1CCN(S(=O)(=O)c2cc(CCl)oc2Br)C1. The van der Waals surface area contributed by atoms with Gasteiger partial charge in [-0.25, -0.2) is 8.42 Å². The normalized spacial score (nSPS) is 21.4. The summed E-state index contributed by atoms with van der Waals surface area (Å²) in [6.07, 6.45) is 0.837. The van der Waals surface area contributed by atoms with Gasteiger partial charge in [-0.05, 0) is 36.4 Å². The maximum Gasteiger partial charge on any atom is 0.247 e. The molecule has 8 heteroatoms. The third-order valence-electron chi connectivity index (χ3n) is 3.31. The van der Waals surface area contributed by atoms with Gasteiger partial charge in [0, 0.05) is 25.2 Å². The van der Waals surface area contributed by atoms with E-state index in [1.165, 1.54) is 10.4 Å². The minimum absolute atomic E-state index is 0.147. The van der Waals surface area contributed by atoms with Crippen LogP contribution in [-0.2, 0) is 15.9 Å². The van der Waals surface area contributed by atoms with Gasteiger partial charge < -0.3 is 9.32 Å². The monoisotopic (exact) mass is 370 g/mol. The fourth-order valence-corrected chi connectivity index (χ4v) is 4.71. The molecule has 1 aromatic rings. The Balaban J connectivity index is 2.26. The molecule has 0 saturated carbocycles. The summed E-state index contributed by atoms with van der Waals surface area (Å²) >= 11 is 8.80. The summed E-state index contributed by atoms with van der Waals surface area (Å²) in [5, 5.41) is 0. The molecule has 0 aromatic carbocycles. The van der Waals surface area contributed by atoms with Gasteiger partial charge in [0.15, 0.2) is 4.67 Å². The maximum atomic E-state index is 12.5. The van der Waals surface area contributed by atoms with Crippen molar-refractivity contribution in [3.8, 4) is 0 Å². The van der Waals surface area contributed by atoms with E-state index in [1.807, 2.05) is 19.0 Å². The standard InChI is InChI=1S/C11H16BrClN2O3S/c1-14(2)8-3-4-15(7-8)19(16,17)10-5-9(6-13)18-11(10)12/h5,8H,3-4,6-7H2,1-2H3. The minimum Gasteiger partial charge on any atom is -0.452 e. The zero-order valence-electron chi connectivity index (χ0n) is 10.8. The first-order valence-electron chi connectivity index (χ1n) is 5.87. The van der Waals surface area contributed by atoms with Gasteiger partial charge in [0.05, 0.1) is 5.88 Å². The molecule has 1 aromatic heterocycles. The number of nitrogens with zero attached hydrogens (tertiary/aromatic N) is 2. The Morgan fingerprint density at radius 3 is 2.74 bits per heavy atom. The van der Waals surface area contributed by atoms with Crippen LogP contribution in [0, 0.1) is 0 Å². The first-order chi connectivity index (χ1) is 8.86. The van der Waals surface area contributed by atoms with Crippen molar-refractivity contribution in [2.24, 2.45) is 0 Å². The molecule has 19 heavy (non-hydrogen) atoms. The number of likely N-dealkylation sites (N-methyl/N-ethyl adjacent to an activating group) is 1. The van der Waals surface area contributed by atoms with E-state index in [0.717, 1.165) is 6.42 Å². The molecule has 0 spiro atoms. The van der Waals surface area contributed by atoms with E-state index in [1.54, 1.807) is 0 Å².